The van der Waals surface area contributed by atoms with Crippen LogP contribution in [0.4, 0.5) is 5.69 Å². The third-order valence-corrected chi connectivity index (χ3v) is 4.42. The third kappa shape index (κ3) is 3.90. The van der Waals surface area contributed by atoms with Crippen molar-refractivity contribution in [1.82, 2.24) is 4.90 Å². The van der Waals surface area contributed by atoms with Gasteiger partial charge in [-0.2, -0.15) is 0 Å². The molecule has 0 aliphatic heterocycles. The van der Waals surface area contributed by atoms with Crippen LogP contribution in [-0.4, -0.2) is 24.9 Å². The molecule has 21 heavy (non-hydrogen) atoms. The highest BCUT2D eigenvalue weighted by Gasteiger charge is 2.16. The number of anilines is 1. The van der Waals surface area contributed by atoms with Gasteiger partial charge in [0.1, 0.15) is 0 Å². The normalized spacial score (nSPS) is 12.0. The Hall–Kier alpha value is -1.23. The summed E-state index contributed by atoms with van der Waals surface area (Å²) in [7, 11) is 3.45. The molecule has 1 unspecified atom stereocenters. The zero-order valence-electron chi connectivity index (χ0n) is 12.0. The summed E-state index contributed by atoms with van der Waals surface area (Å²) in [6.45, 7) is 2.02. The first-order valence-electron chi connectivity index (χ1n) is 6.40. The lowest BCUT2D eigenvalue weighted by molar-refractivity contribution is 0.0828. The minimum atomic E-state index is -0.0651. The minimum Gasteiger partial charge on any atom is -0.378 e. The van der Waals surface area contributed by atoms with Crippen molar-refractivity contribution in [2.24, 2.45) is 0 Å². The van der Waals surface area contributed by atoms with Crippen molar-refractivity contribution in [2.45, 2.75) is 13.0 Å². The van der Waals surface area contributed by atoms with E-state index in [1.54, 1.807) is 37.2 Å². The molecule has 0 saturated carbocycles. The summed E-state index contributed by atoms with van der Waals surface area (Å²) in [6, 6.07) is 7.17. The maximum absolute atomic E-state index is 12.2. The molecule has 0 saturated heterocycles. The number of rotatable bonds is 4. The Morgan fingerprint density at radius 2 is 2.00 bits per heavy atom. The minimum absolute atomic E-state index is 0.0286. The summed E-state index contributed by atoms with van der Waals surface area (Å²) in [5, 5.41) is 5.92. The lowest BCUT2D eigenvalue weighted by Crippen LogP contribution is -2.23. The van der Waals surface area contributed by atoms with E-state index in [4.69, 9.17) is 23.2 Å². The van der Waals surface area contributed by atoms with Crippen LogP contribution in [0.5, 0.6) is 0 Å². The van der Waals surface area contributed by atoms with E-state index in [0.29, 0.717) is 10.6 Å². The Balaban J connectivity index is 2.30. The van der Waals surface area contributed by atoms with Gasteiger partial charge < -0.3 is 10.2 Å². The van der Waals surface area contributed by atoms with Crippen LogP contribution in [-0.2, 0) is 0 Å². The van der Waals surface area contributed by atoms with E-state index in [1.807, 2.05) is 18.4 Å². The van der Waals surface area contributed by atoms with E-state index in [2.05, 4.69) is 5.32 Å². The second kappa shape index (κ2) is 6.69. The summed E-state index contributed by atoms with van der Waals surface area (Å²) in [4.78, 5) is 13.8. The van der Waals surface area contributed by atoms with Gasteiger partial charge in [0, 0.05) is 30.8 Å². The van der Waals surface area contributed by atoms with Gasteiger partial charge >= 0.3 is 0 Å². The number of amides is 1. The smallest absolute Gasteiger partial charge is 0.255 e. The molecule has 0 bridgehead atoms. The highest BCUT2D eigenvalue weighted by atomic mass is 35.5. The molecule has 1 heterocycles. The molecule has 0 aliphatic carbocycles. The second-order valence-corrected chi connectivity index (χ2v) is 6.92. The second-order valence-electron chi connectivity index (χ2n) is 4.94. The molecule has 1 N–H and O–H groups in total. The van der Waals surface area contributed by atoms with E-state index in [1.165, 1.54) is 11.3 Å². The van der Waals surface area contributed by atoms with Crippen molar-refractivity contribution in [3.8, 4) is 0 Å². The maximum Gasteiger partial charge on any atom is 0.255 e. The molecule has 0 radical (unpaired) electrons. The van der Waals surface area contributed by atoms with Crippen molar-refractivity contribution >= 4 is 46.1 Å². The fraction of sp³-hybridized carbons (Fsp3) is 0.267. The molecule has 0 fully saturated rings. The van der Waals surface area contributed by atoms with Gasteiger partial charge in [0.2, 0.25) is 0 Å². The van der Waals surface area contributed by atoms with Gasteiger partial charge in [-0.15, -0.1) is 11.3 Å². The van der Waals surface area contributed by atoms with Gasteiger partial charge in [-0.05, 0) is 42.1 Å². The summed E-state index contributed by atoms with van der Waals surface area (Å²) in [5.74, 6) is -0.0651. The van der Waals surface area contributed by atoms with E-state index < -0.39 is 0 Å². The zero-order chi connectivity index (χ0) is 15.6. The van der Waals surface area contributed by atoms with Crippen LogP contribution in [0.2, 0.25) is 9.36 Å². The fourth-order valence-electron chi connectivity index (χ4n) is 1.93. The predicted molar refractivity (Wildman–Crippen MR) is 90.8 cm³/mol. The molecule has 112 valence electrons. The lowest BCUT2D eigenvalue weighted by Gasteiger charge is -2.19. The predicted octanol–water partition coefficient (Wildman–Crippen LogP) is 4.93. The first-order valence-corrected chi connectivity index (χ1v) is 8.03. The summed E-state index contributed by atoms with van der Waals surface area (Å²) >= 11 is 13.5. The largest absolute Gasteiger partial charge is 0.378 e. The van der Waals surface area contributed by atoms with Crippen molar-refractivity contribution in [3.63, 3.8) is 0 Å². The van der Waals surface area contributed by atoms with Crippen LogP contribution in [0.15, 0.2) is 29.6 Å². The van der Waals surface area contributed by atoms with Gasteiger partial charge in [-0.3, -0.25) is 4.79 Å². The molecule has 1 aromatic carbocycles. The van der Waals surface area contributed by atoms with Crippen LogP contribution >= 0.6 is 34.5 Å². The van der Waals surface area contributed by atoms with E-state index >= 15 is 0 Å². The van der Waals surface area contributed by atoms with Crippen molar-refractivity contribution in [3.05, 3.63) is 50.1 Å². The lowest BCUT2D eigenvalue weighted by atomic mass is 10.1. The number of carbonyl (C=O) groups is 1. The molecule has 2 rings (SSSR count). The Morgan fingerprint density at radius 3 is 2.57 bits per heavy atom. The molecule has 2 aromatic rings. The zero-order valence-corrected chi connectivity index (χ0v) is 14.3. The van der Waals surface area contributed by atoms with Crippen molar-refractivity contribution in [2.75, 3.05) is 19.4 Å². The number of thiophene rings is 1. The summed E-state index contributed by atoms with van der Waals surface area (Å²) in [5.41, 5.74) is 2.39. The van der Waals surface area contributed by atoms with Crippen molar-refractivity contribution < 1.29 is 4.79 Å². The van der Waals surface area contributed by atoms with E-state index in [0.717, 1.165) is 15.6 Å². The Kier molecular flexibility index (Phi) is 5.14. The van der Waals surface area contributed by atoms with Crippen LogP contribution in [0.3, 0.4) is 0 Å². The number of hydrogen-bond acceptors (Lipinski definition) is 3. The van der Waals surface area contributed by atoms with Crippen molar-refractivity contribution in [1.29, 1.82) is 0 Å². The Morgan fingerprint density at radius 1 is 1.29 bits per heavy atom. The third-order valence-electron chi connectivity index (χ3n) is 3.08. The SMILES string of the molecule is CC(Nc1cc(Cl)ccc1C(=O)N(C)C)c1csc(Cl)c1. The molecule has 1 amide bonds. The fourth-order valence-corrected chi connectivity index (χ4v) is 3.09. The molecule has 6 heteroatoms. The topological polar surface area (TPSA) is 32.3 Å². The van der Waals surface area contributed by atoms with Crippen LogP contribution < -0.4 is 5.32 Å². The number of carbonyl (C=O) groups excluding carboxylic acids is 1. The standard InChI is InChI=1S/C15H16Cl2N2OS/c1-9(10-6-14(17)21-8-10)18-13-7-11(16)4-5-12(13)15(20)19(2)3/h4-9,18H,1-3H3. The quantitative estimate of drug-likeness (QED) is 0.854. The summed E-state index contributed by atoms with van der Waals surface area (Å²) in [6.07, 6.45) is 0. The van der Waals surface area contributed by atoms with Gasteiger partial charge in [0.15, 0.2) is 0 Å². The average molecular weight is 343 g/mol. The molecule has 0 spiro atoms. The molecule has 1 atom stereocenters. The first kappa shape index (κ1) is 16.1. The number of halogens is 2. The molecule has 0 aliphatic rings. The molecular weight excluding hydrogens is 327 g/mol. The van der Waals surface area contributed by atoms with Crippen LogP contribution in [0.25, 0.3) is 0 Å². The first-order chi connectivity index (χ1) is 9.88. The monoisotopic (exact) mass is 342 g/mol. The van der Waals surface area contributed by atoms with E-state index in [9.17, 15) is 4.79 Å². The van der Waals surface area contributed by atoms with Gasteiger partial charge in [-0.25, -0.2) is 0 Å². The molecular formula is C15H16Cl2N2OS. The van der Waals surface area contributed by atoms with Gasteiger partial charge in [0.25, 0.3) is 5.91 Å². The Labute approximate surface area is 138 Å². The number of nitrogens with zero attached hydrogens (tertiary/aromatic N) is 1. The number of benzene rings is 1. The number of nitrogens with one attached hydrogen (secondary N) is 1. The molecule has 3 nitrogen and oxygen atoms in total. The Bertz CT molecular complexity index is 655. The van der Waals surface area contributed by atoms with Gasteiger partial charge in [-0.1, -0.05) is 23.2 Å². The molecule has 1 aromatic heterocycles. The van der Waals surface area contributed by atoms with Crippen LogP contribution in [0.1, 0.15) is 28.9 Å². The highest BCUT2D eigenvalue weighted by molar-refractivity contribution is 7.14. The van der Waals surface area contributed by atoms with E-state index in [-0.39, 0.29) is 11.9 Å². The maximum atomic E-state index is 12.2. The number of hydrogen-bond donors (Lipinski definition) is 1. The summed E-state index contributed by atoms with van der Waals surface area (Å²) < 4.78 is 0.745. The van der Waals surface area contributed by atoms with Crippen LogP contribution in [0, 0.1) is 0 Å². The highest BCUT2D eigenvalue weighted by Crippen LogP contribution is 2.29. The average Bonchev–Trinajstić information content (AvgIpc) is 2.85. The van der Waals surface area contributed by atoms with Gasteiger partial charge in [0.05, 0.1) is 9.90 Å².